The normalized spacial score (nSPS) is 10.3. The molecule has 0 aliphatic heterocycles. The second-order valence-corrected chi connectivity index (χ2v) is 4.94. The minimum atomic E-state index is 0.613. The summed E-state index contributed by atoms with van der Waals surface area (Å²) < 4.78 is 10.2. The number of nitrogens with zero attached hydrogens (tertiary/aromatic N) is 3. The third kappa shape index (κ3) is 3.97. The first kappa shape index (κ1) is 14.8. The van der Waals surface area contributed by atoms with Crippen molar-refractivity contribution < 1.29 is 9.26 Å². The lowest BCUT2D eigenvalue weighted by Gasteiger charge is -2.08. The fraction of sp³-hybridized carbons (Fsp3) is 0.188. The van der Waals surface area contributed by atoms with Gasteiger partial charge in [-0.2, -0.15) is 0 Å². The molecule has 2 N–H and O–H groups in total. The standard InChI is InChI=1S/C16H17N5O2/c1-11-7-16(21-23-11)20-15-8-14(18-10-19-15)17-9-12-3-5-13(22-2)6-4-12/h3-8,10H,9H2,1-2H3,(H2,17,18,19,20,21). The molecule has 2 aromatic heterocycles. The molecule has 0 spiro atoms. The van der Waals surface area contributed by atoms with Crippen LogP contribution in [0.15, 0.2) is 47.2 Å². The average molecular weight is 311 g/mol. The van der Waals surface area contributed by atoms with E-state index in [1.807, 2.05) is 37.3 Å². The largest absolute Gasteiger partial charge is 0.497 e. The number of methoxy groups -OCH3 is 1. The van der Waals surface area contributed by atoms with E-state index in [0.717, 1.165) is 22.9 Å². The molecule has 0 bridgehead atoms. The summed E-state index contributed by atoms with van der Waals surface area (Å²) in [6, 6.07) is 11.5. The van der Waals surface area contributed by atoms with Crippen LogP contribution in [0.5, 0.6) is 5.75 Å². The van der Waals surface area contributed by atoms with Crippen molar-refractivity contribution in [3.8, 4) is 5.75 Å². The van der Waals surface area contributed by atoms with E-state index in [1.165, 1.54) is 6.33 Å². The Balaban J connectivity index is 1.62. The van der Waals surface area contributed by atoms with Crippen molar-refractivity contribution in [3.05, 3.63) is 54.0 Å². The Bertz CT molecular complexity index is 770. The van der Waals surface area contributed by atoms with Crippen molar-refractivity contribution in [1.82, 2.24) is 15.1 Å². The van der Waals surface area contributed by atoms with Gasteiger partial charge in [0.15, 0.2) is 5.82 Å². The molecule has 0 aliphatic rings. The summed E-state index contributed by atoms with van der Waals surface area (Å²) in [6.07, 6.45) is 1.49. The highest BCUT2D eigenvalue weighted by Gasteiger charge is 2.03. The Morgan fingerprint density at radius 3 is 2.52 bits per heavy atom. The van der Waals surface area contributed by atoms with Gasteiger partial charge in [0, 0.05) is 18.7 Å². The molecule has 1 aromatic carbocycles. The SMILES string of the molecule is COc1ccc(CNc2cc(Nc3cc(C)on3)ncn2)cc1. The van der Waals surface area contributed by atoms with E-state index in [-0.39, 0.29) is 0 Å². The fourth-order valence-corrected chi connectivity index (χ4v) is 2.01. The quantitative estimate of drug-likeness (QED) is 0.723. The molecule has 3 aromatic rings. The topological polar surface area (TPSA) is 85.1 Å². The van der Waals surface area contributed by atoms with Gasteiger partial charge >= 0.3 is 0 Å². The molecule has 0 saturated heterocycles. The maximum absolute atomic E-state index is 5.14. The van der Waals surface area contributed by atoms with Crippen LogP contribution >= 0.6 is 0 Å². The predicted molar refractivity (Wildman–Crippen MR) is 86.9 cm³/mol. The van der Waals surface area contributed by atoms with Crippen LogP contribution in [0.1, 0.15) is 11.3 Å². The maximum Gasteiger partial charge on any atom is 0.175 e. The van der Waals surface area contributed by atoms with Gasteiger partial charge in [0.1, 0.15) is 29.5 Å². The van der Waals surface area contributed by atoms with Gasteiger partial charge < -0.3 is 19.9 Å². The molecule has 23 heavy (non-hydrogen) atoms. The smallest absolute Gasteiger partial charge is 0.175 e. The first-order chi connectivity index (χ1) is 11.2. The van der Waals surface area contributed by atoms with Crippen molar-refractivity contribution in [2.45, 2.75) is 13.5 Å². The highest BCUT2D eigenvalue weighted by Crippen LogP contribution is 2.17. The zero-order chi connectivity index (χ0) is 16.1. The van der Waals surface area contributed by atoms with E-state index < -0.39 is 0 Å². The Morgan fingerprint density at radius 2 is 1.83 bits per heavy atom. The number of anilines is 3. The van der Waals surface area contributed by atoms with Crippen LogP contribution < -0.4 is 15.4 Å². The van der Waals surface area contributed by atoms with E-state index in [0.29, 0.717) is 18.2 Å². The third-order valence-corrected chi connectivity index (χ3v) is 3.18. The number of aromatic nitrogens is 3. The minimum Gasteiger partial charge on any atom is -0.497 e. The Kier molecular flexibility index (Phi) is 4.37. The van der Waals surface area contributed by atoms with Crippen molar-refractivity contribution in [3.63, 3.8) is 0 Å². The molecule has 0 atom stereocenters. The van der Waals surface area contributed by atoms with E-state index in [4.69, 9.17) is 9.26 Å². The zero-order valence-corrected chi connectivity index (χ0v) is 12.9. The minimum absolute atomic E-state index is 0.613. The molecular weight excluding hydrogens is 294 g/mol. The second kappa shape index (κ2) is 6.78. The molecule has 0 unspecified atom stereocenters. The van der Waals surface area contributed by atoms with Crippen LogP contribution in [0.3, 0.4) is 0 Å². The highest BCUT2D eigenvalue weighted by atomic mass is 16.5. The van der Waals surface area contributed by atoms with Crippen LogP contribution in [0, 0.1) is 6.92 Å². The molecule has 0 amide bonds. The number of hydrogen-bond donors (Lipinski definition) is 2. The molecule has 0 fully saturated rings. The monoisotopic (exact) mass is 311 g/mol. The number of hydrogen-bond acceptors (Lipinski definition) is 7. The molecular formula is C16H17N5O2. The fourth-order valence-electron chi connectivity index (χ4n) is 2.01. The summed E-state index contributed by atoms with van der Waals surface area (Å²) in [5.41, 5.74) is 1.13. The average Bonchev–Trinajstić information content (AvgIpc) is 2.99. The van der Waals surface area contributed by atoms with Crippen LogP contribution in [0.4, 0.5) is 17.5 Å². The van der Waals surface area contributed by atoms with Gasteiger partial charge in [-0.1, -0.05) is 17.3 Å². The predicted octanol–water partition coefficient (Wildman–Crippen LogP) is 3.14. The van der Waals surface area contributed by atoms with E-state index >= 15 is 0 Å². The first-order valence-electron chi connectivity index (χ1n) is 7.12. The molecule has 2 heterocycles. The maximum atomic E-state index is 5.14. The summed E-state index contributed by atoms with van der Waals surface area (Å²) in [4.78, 5) is 8.37. The van der Waals surface area contributed by atoms with Gasteiger partial charge in [0.2, 0.25) is 0 Å². The van der Waals surface area contributed by atoms with Gasteiger partial charge in [-0.25, -0.2) is 9.97 Å². The summed E-state index contributed by atoms with van der Waals surface area (Å²) in [6.45, 7) is 2.49. The van der Waals surface area contributed by atoms with Gasteiger partial charge in [0.05, 0.1) is 7.11 Å². The van der Waals surface area contributed by atoms with E-state index in [1.54, 1.807) is 13.2 Å². The van der Waals surface area contributed by atoms with Crippen molar-refractivity contribution in [2.24, 2.45) is 0 Å². The number of ether oxygens (including phenoxy) is 1. The highest BCUT2D eigenvalue weighted by molar-refractivity contribution is 5.55. The Labute approximate surface area is 133 Å². The molecule has 118 valence electrons. The molecule has 0 radical (unpaired) electrons. The van der Waals surface area contributed by atoms with Gasteiger partial charge in [-0.15, -0.1) is 0 Å². The third-order valence-electron chi connectivity index (χ3n) is 3.18. The Hall–Kier alpha value is -3.09. The first-order valence-corrected chi connectivity index (χ1v) is 7.12. The van der Waals surface area contributed by atoms with Crippen LogP contribution in [0.25, 0.3) is 0 Å². The molecule has 0 saturated carbocycles. The molecule has 3 rings (SSSR count). The van der Waals surface area contributed by atoms with Gasteiger partial charge in [-0.05, 0) is 24.6 Å². The molecule has 7 nitrogen and oxygen atoms in total. The van der Waals surface area contributed by atoms with Crippen molar-refractivity contribution in [1.29, 1.82) is 0 Å². The lowest BCUT2D eigenvalue weighted by molar-refractivity contribution is 0.400. The second-order valence-electron chi connectivity index (χ2n) is 4.94. The summed E-state index contributed by atoms with van der Waals surface area (Å²) in [5.74, 6) is 3.55. The van der Waals surface area contributed by atoms with Gasteiger partial charge in [-0.3, -0.25) is 0 Å². The van der Waals surface area contributed by atoms with Crippen molar-refractivity contribution >= 4 is 17.5 Å². The van der Waals surface area contributed by atoms with Gasteiger partial charge in [0.25, 0.3) is 0 Å². The van der Waals surface area contributed by atoms with E-state index in [9.17, 15) is 0 Å². The molecule has 7 heteroatoms. The number of aryl methyl sites for hydroxylation is 1. The van der Waals surface area contributed by atoms with Crippen LogP contribution in [-0.2, 0) is 6.54 Å². The number of benzene rings is 1. The zero-order valence-electron chi connectivity index (χ0n) is 12.9. The summed E-state index contributed by atoms with van der Waals surface area (Å²) >= 11 is 0. The lowest BCUT2D eigenvalue weighted by atomic mass is 10.2. The number of rotatable bonds is 6. The van der Waals surface area contributed by atoms with Crippen LogP contribution in [0.2, 0.25) is 0 Å². The molecule has 0 aliphatic carbocycles. The number of nitrogens with one attached hydrogen (secondary N) is 2. The Morgan fingerprint density at radius 1 is 1.04 bits per heavy atom. The van der Waals surface area contributed by atoms with Crippen LogP contribution in [-0.4, -0.2) is 22.2 Å². The van der Waals surface area contributed by atoms with E-state index in [2.05, 4.69) is 25.8 Å². The van der Waals surface area contributed by atoms with Crippen molar-refractivity contribution in [2.75, 3.05) is 17.7 Å². The summed E-state index contributed by atoms with van der Waals surface area (Å²) in [7, 11) is 1.65. The summed E-state index contributed by atoms with van der Waals surface area (Å²) in [5, 5.41) is 10.2. The lowest BCUT2D eigenvalue weighted by Crippen LogP contribution is -2.03.